The van der Waals surface area contributed by atoms with Gasteiger partial charge in [0, 0.05) is 31.3 Å². The van der Waals surface area contributed by atoms with E-state index < -0.39 is 11.9 Å². The van der Waals surface area contributed by atoms with Crippen molar-refractivity contribution in [1.82, 2.24) is 10.3 Å². The van der Waals surface area contributed by atoms with Gasteiger partial charge in [0.15, 0.2) is 0 Å². The first kappa shape index (κ1) is 18.4. The van der Waals surface area contributed by atoms with E-state index in [4.69, 9.17) is 0 Å². The molecule has 0 radical (unpaired) electrons. The number of pyridine rings is 1. The zero-order chi connectivity index (χ0) is 18.1. The molecule has 0 aliphatic rings. The lowest BCUT2D eigenvalue weighted by Gasteiger charge is -2.16. The summed E-state index contributed by atoms with van der Waals surface area (Å²) in [7, 11) is 0. The van der Waals surface area contributed by atoms with Gasteiger partial charge in [0.2, 0.25) is 5.91 Å². The van der Waals surface area contributed by atoms with Gasteiger partial charge in [0.25, 0.3) is 0 Å². The molecule has 2 atom stereocenters. The zero-order valence-electron chi connectivity index (χ0n) is 14.0. The van der Waals surface area contributed by atoms with Gasteiger partial charge >= 0.3 is 5.97 Å². The molecular weight excluding hydrogens is 316 g/mol. The number of nitrogens with zero attached hydrogens (tertiary/aromatic N) is 1. The van der Waals surface area contributed by atoms with Crippen LogP contribution in [0.5, 0.6) is 0 Å². The number of benzene rings is 1. The summed E-state index contributed by atoms with van der Waals surface area (Å²) in [5.41, 5.74) is 1.84. The van der Waals surface area contributed by atoms with Crippen molar-refractivity contribution in [3.63, 3.8) is 0 Å². The Balaban J connectivity index is 1.90. The van der Waals surface area contributed by atoms with Crippen LogP contribution in [-0.4, -0.2) is 28.5 Å². The number of hydrogen-bond donors (Lipinski definition) is 2. The molecule has 130 valence electrons. The van der Waals surface area contributed by atoms with Crippen molar-refractivity contribution in [1.29, 1.82) is 0 Å². The molecule has 0 aliphatic carbocycles. The maximum Gasteiger partial charge on any atom is 0.308 e. The molecule has 0 spiro atoms. The van der Waals surface area contributed by atoms with Crippen molar-refractivity contribution >= 4 is 11.9 Å². The fraction of sp³-hybridized carbons (Fsp3) is 0.250. The van der Waals surface area contributed by atoms with E-state index in [-0.39, 0.29) is 24.8 Å². The second-order valence-electron chi connectivity index (χ2n) is 5.86. The van der Waals surface area contributed by atoms with E-state index in [1.54, 1.807) is 24.5 Å². The Morgan fingerprint density at radius 1 is 1.20 bits per heavy atom. The van der Waals surface area contributed by atoms with E-state index >= 15 is 0 Å². The number of aromatic nitrogens is 1. The van der Waals surface area contributed by atoms with Gasteiger partial charge in [-0.3, -0.25) is 14.6 Å². The van der Waals surface area contributed by atoms with Crippen LogP contribution in [0, 0.1) is 5.92 Å². The summed E-state index contributed by atoms with van der Waals surface area (Å²) in [4.78, 5) is 27.6. The van der Waals surface area contributed by atoms with Gasteiger partial charge in [0.05, 0.1) is 5.92 Å². The lowest BCUT2D eigenvalue weighted by atomic mass is 9.95. The lowest BCUT2D eigenvalue weighted by molar-refractivity contribution is -0.141. The Morgan fingerprint density at radius 2 is 1.96 bits per heavy atom. The van der Waals surface area contributed by atoms with Gasteiger partial charge in [-0.15, -0.1) is 6.58 Å². The van der Waals surface area contributed by atoms with E-state index in [1.807, 2.05) is 36.4 Å². The normalized spacial score (nSPS) is 12.8. The van der Waals surface area contributed by atoms with E-state index in [9.17, 15) is 14.7 Å². The predicted molar refractivity (Wildman–Crippen MR) is 96.1 cm³/mol. The fourth-order valence-electron chi connectivity index (χ4n) is 2.60. The third-order valence-corrected chi connectivity index (χ3v) is 4.02. The Hall–Kier alpha value is -2.95. The SMILES string of the molecule is C=CC(CC(=O)NCC(Cc1cccnc1)C(=O)O)c1ccccc1. The number of carboxylic acids is 1. The molecule has 0 aliphatic heterocycles. The van der Waals surface area contributed by atoms with Crippen molar-refractivity contribution in [3.05, 3.63) is 78.6 Å². The smallest absolute Gasteiger partial charge is 0.308 e. The minimum atomic E-state index is -0.938. The maximum atomic E-state index is 12.2. The number of carbonyl (C=O) groups excluding carboxylic acids is 1. The highest BCUT2D eigenvalue weighted by atomic mass is 16.4. The average molecular weight is 338 g/mol. The number of amides is 1. The van der Waals surface area contributed by atoms with Crippen molar-refractivity contribution < 1.29 is 14.7 Å². The quantitative estimate of drug-likeness (QED) is 0.689. The van der Waals surface area contributed by atoms with Crippen LogP contribution in [0.15, 0.2) is 67.5 Å². The fourth-order valence-corrected chi connectivity index (χ4v) is 2.60. The van der Waals surface area contributed by atoms with Crippen molar-refractivity contribution in [2.45, 2.75) is 18.8 Å². The number of nitrogens with one attached hydrogen (secondary N) is 1. The molecule has 0 saturated carbocycles. The van der Waals surface area contributed by atoms with Gasteiger partial charge in [-0.1, -0.05) is 42.5 Å². The van der Waals surface area contributed by atoms with E-state index in [2.05, 4.69) is 16.9 Å². The van der Waals surface area contributed by atoms with E-state index in [1.165, 1.54) is 0 Å². The zero-order valence-corrected chi connectivity index (χ0v) is 14.0. The third kappa shape index (κ3) is 5.88. The Kier molecular flexibility index (Phi) is 6.89. The highest BCUT2D eigenvalue weighted by Crippen LogP contribution is 2.20. The summed E-state index contributed by atoms with van der Waals surface area (Å²) < 4.78 is 0. The van der Waals surface area contributed by atoms with Crippen LogP contribution in [0.3, 0.4) is 0 Å². The summed E-state index contributed by atoms with van der Waals surface area (Å²) in [6.45, 7) is 3.87. The third-order valence-electron chi connectivity index (χ3n) is 4.02. The molecule has 1 aromatic carbocycles. The largest absolute Gasteiger partial charge is 0.481 e. The first-order valence-corrected chi connectivity index (χ1v) is 8.16. The molecule has 0 saturated heterocycles. The lowest BCUT2D eigenvalue weighted by Crippen LogP contribution is -2.34. The highest BCUT2D eigenvalue weighted by Gasteiger charge is 2.20. The first-order chi connectivity index (χ1) is 12.1. The van der Waals surface area contributed by atoms with Crippen molar-refractivity contribution in [2.24, 2.45) is 5.92 Å². The van der Waals surface area contributed by atoms with Crippen LogP contribution in [-0.2, 0) is 16.0 Å². The minimum Gasteiger partial charge on any atom is -0.481 e. The molecule has 2 aromatic rings. The second-order valence-corrected chi connectivity index (χ2v) is 5.86. The van der Waals surface area contributed by atoms with Gasteiger partial charge in [-0.2, -0.15) is 0 Å². The molecule has 2 rings (SSSR count). The number of hydrogen-bond acceptors (Lipinski definition) is 3. The number of allylic oxidation sites excluding steroid dienone is 1. The van der Waals surface area contributed by atoms with Crippen molar-refractivity contribution in [3.8, 4) is 0 Å². The minimum absolute atomic E-state index is 0.0850. The second kappa shape index (κ2) is 9.37. The first-order valence-electron chi connectivity index (χ1n) is 8.16. The Labute approximate surface area is 147 Å². The molecule has 25 heavy (non-hydrogen) atoms. The van der Waals surface area contributed by atoms with Crippen LogP contribution in [0.1, 0.15) is 23.5 Å². The summed E-state index contributed by atoms with van der Waals surface area (Å²) >= 11 is 0. The number of aliphatic carboxylic acids is 1. The summed E-state index contributed by atoms with van der Waals surface area (Å²) in [6.07, 6.45) is 5.58. The molecule has 0 bridgehead atoms. The number of carbonyl (C=O) groups is 2. The summed E-state index contributed by atoms with van der Waals surface area (Å²) in [5.74, 6) is -1.91. The molecule has 1 aromatic heterocycles. The predicted octanol–water partition coefficient (Wildman–Crippen LogP) is 2.80. The highest BCUT2D eigenvalue weighted by molar-refractivity contribution is 5.78. The van der Waals surface area contributed by atoms with Gasteiger partial charge < -0.3 is 10.4 Å². The van der Waals surface area contributed by atoms with Gasteiger partial charge in [0.1, 0.15) is 0 Å². The molecule has 2 N–H and O–H groups in total. The van der Waals surface area contributed by atoms with Gasteiger partial charge in [-0.05, 0) is 23.6 Å². The molecular formula is C20H22N2O3. The maximum absolute atomic E-state index is 12.2. The summed E-state index contributed by atoms with van der Waals surface area (Å²) in [6, 6.07) is 13.2. The summed E-state index contributed by atoms with van der Waals surface area (Å²) in [5, 5.41) is 12.1. The van der Waals surface area contributed by atoms with Gasteiger partial charge in [-0.25, -0.2) is 0 Å². The molecule has 2 unspecified atom stereocenters. The van der Waals surface area contributed by atoms with Crippen LogP contribution in [0.4, 0.5) is 0 Å². The number of carboxylic acid groups (broad SMARTS) is 1. The Bertz CT molecular complexity index is 701. The molecule has 5 nitrogen and oxygen atoms in total. The molecule has 1 heterocycles. The monoisotopic (exact) mass is 338 g/mol. The standard InChI is InChI=1S/C20H22N2O3/c1-2-16(17-8-4-3-5-9-17)12-19(23)22-14-18(20(24)25)11-15-7-6-10-21-13-15/h2-10,13,16,18H,1,11-12,14H2,(H,22,23)(H,24,25). The molecule has 5 heteroatoms. The molecule has 0 fully saturated rings. The van der Waals surface area contributed by atoms with E-state index in [0.717, 1.165) is 11.1 Å². The van der Waals surface area contributed by atoms with Crippen LogP contribution in [0.2, 0.25) is 0 Å². The average Bonchev–Trinajstić information content (AvgIpc) is 2.64. The van der Waals surface area contributed by atoms with Crippen LogP contribution < -0.4 is 5.32 Å². The van der Waals surface area contributed by atoms with Crippen molar-refractivity contribution in [2.75, 3.05) is 6.54 Å². The number of rotatable bonds is 9. The van der Waals surface area contributed by atoms with Crippen LogP contribution >= 0.6 is 0 Å². The van der Waals surface area contributed by atoms with E-state index in [0.29, 0.717) is 6.42 Å². The van der Waals surface area contributed by atoms with Crippen LogP contribution in [0.25, 0.3) is 0 Å². The Morgan fingerprint density at radius 3 is 2.56 bits per heavy atom. The topological polar surface area (TPSA) is 79.3 Å². The molecule has 1 amide bonds.